The Morgan fingerprint density at radius 3 is 2.69 bits per heavy atom. The zero-order valence-corrected chi connectivity index (χ0v) is 26.4. The maximum atomic E-state index is 14.3. The van der Waals surface area contributed by atoms with Crippen LogP contribution in [0.4, 0.5) is 4.39 Å². The van der Waals surface area contributed by atoms with Crippen LogP contribution in [0, 0.1) is 17.7 Å². The second kappa shape index (κ2) is 13.0. The minimum atomic E-state index is -1.16. The fourth-order valence-electron chi connectivity index (χ4n) is 6.85. The van der Waals surface area contributed by atoms with Crippen molar-refractivity contribution in [3.05, 3.63) is 47.6 Å². The van der Waals surface area contributed by atoms with E-state index in [1.54, 1.807) is 12.1 Å². The topological polar surface area (TPSA) is 149 Å². The molecular weight excluding hydrogens is 583 g/mol. The Kier molecular flexibility index (Phi) is 9.44. The van der Waals surface area contributed by atoms with E-state index in [1.807, 2.05) is 20.8 Å². The molecule has 0 aromatic heterocycles. The number of ether oxygens (including phenoxy) is 3. The van der Waals surface area contributed by atoms with Gasteiger partial charge in [-0.3, -0.25) is 19.2 Å². The molecule has 246 valence electrons. The fourth-order valence-corrected chi connectivity index (χ4v) is 6.85. The van der Waals surface area contributed by atoms with Crippen LogP contribution in [0.3, 0.4) is 0 Å². The Bertz CT molecular complexity index is 1350. The summed E-state index contributed by atoms with van der Waals surface area (Å²) in [7, 11) is 0. The Balaban J connectivity index is 1.36. The highest BCUT2D eigenvalue weighted by molar-refractivity contribution is 5.97. The Labute approximate surface area is 263 Å². The van der Waals surface area contributed by atoms with E-state index in [1.165, 1.54) is 11.0 Å². The number of primary amides is 1. The summed E-state index contributed by atoms with van der Waals surface area (Å²) in [6, 6.07) is 2.82. The number of hydrogen-bond acceptors (Lipinski definition) is 8. The summed E-state index contributed by atoms with van der Waals surface area (Å²) in [4.78, 5) is 55.1. The monoisotopic (exact) mass is 628 g/mol. The van der Waals surface area contributed by atoms with E-state index in [0.29, 0.717) is 25.0 Å². The molecule has 11 nitrogen and oxygen atoms in total. The first-order valence-electron chi connectivity index (χ1n) is 15.9. The van der Waals surface area contributed by atoms with Crippen LogP contribution in [0.1, 0.15) is 70.4 Å². The van der Waals surface area contributed by atoms with Crippen LogP contribution in [0.15, 0.2) is 30.7 Å². The summed E-state index contributed by atoms with van der Waals surface area (Å²) in [5.41, 5.74) is 5.33. The molecule has 0 bridgehead atoms. The number of amides is 3. The van der Waals surface area contributed by atoms with Gasteiger partial charge in [-0.2, -0.15) is 0 Å². The first-order chi connectivity index (χ1) is 21.3. The highest BCUT2D eigenvalue weighted by Gasteiger charge is 2.60. The van der Waals surface area contributed by atoms with E-state index in [9.17, 15) is 23.6 Å². The minimum absolute atomic E-state index is 0.000392. The van der Waals surface area contributed by atoms with Gasteiger partial charge in [0.15, 0.2) is 5.88 Å². The van der Waals surface area contributed by atoms with Gasteiger partial charge in [-0.1, -0.05) is 25.0 Å². The molecule has 5 rings (SSSR count). The molecule has 6 atom stereocenters. The van der Waals surface area contributed by atoms with E-state index >= 15 is 0 Å². The van der Waals surface area contributed by atoms with Crippen LogP contribution in [0.2, 0.25) is 0 Å². The first kappa shape index (κ1) is 32.7. The predicted octanol–water partition coefficient (Wildman–Crippen LogP) is 2.25. The molecule has 1 aromatic rings. The Hall–Kier alpha value is -3.67. The first-order valence-corrected chi connectivity index (χ1v) is 15.9. The van der Waals surface area contributed by atoms with Crippen molar-refractivity contribution in [3.8, 4) is 0 Å². The zero-order valence-electron chi connectivity index (χ0n) is 26.4. The second-order valence-electron chi connectivity index (χ2n) is 13.8. The van der Waals surface area contributed by atoms with Crippen molar-refractivity contribution in [2.24, 2.45) is 17.6 Å². The summed E-state index contributed by atoms with van der Waals surface area (Å²) < 4.78 is 31.9. The quantitative estimate of drug-likeness (QED) is 0.321. The number of carbonyl (C=O) groups is 4. The van der Waals surface area contributed by atoms with Crippen molar-refractivity contribution in [1.82, 2.24) is 15.5 Å². The molecule has 45 heavy (non-hydrogen) atoms. The molecule has 1 aromatic carbocycles. The number of carbonyl (C=O) groups excluding carboxylic acids is 4. The van der Waals surface area contributed by atoms with Gasteiger partial charge in [0.25, 0.3) is 0 Å². The number of halogens is 1. The van der Waals surface area contributed by atoms with Crippen molar-refractivity contribution < 1.29 is 37.8 Å². The van der Waals surface area contributed by atoms with Gasteiger partial charge in [0.2, 0.25) is 17.7 Å². The van der Waals surface area contributed by atoms with Crippen molar-refractivity contribution in [3.63, 3.8) is 0 Å². The largest absolute Gasteiger partial charge is 0.474 e. The molecule has 4 N–H and O–H groups in total. The average Bonchev–Trinajstić information content (AvgIpc) is 3.27. The maximum Gasteiger partial charge on any atom is 0.309 e. The zero-order chi connectivity index (χ0) is 32.5. The van der Waals surface area contributed by atoms with Crippen molar-refractivity contribution in [2.45, 2.75) is 101 Å². The molecule has 3 amide bonds. The standard InChI is InChI=1S/C33H45FN4O7/c1-19(45-32(2,3)4)36-26-18-43-12-7-5-6-10-22-16-33(22,31(35)42)37-28(39)27-15-23(17-38(27)29(26)40)44-30(41)21-13-20-9-8-11-25(34)24(20)14-21/h8-9,11,21-23,26-27,36H,1,5-7,10,12-18H2,2-4H3,(H2,35,42)(H,37,39)/t21?,22-,23-,26+,27+,33-/m1/s1. The Morgan fingerprint density at radius 2 is 1.98 bits per heavy atom. The lowest BCUT2D eigenvalue weighted by Crippen LogP contribution is -2.57. The van der Waals surface area contributed by atoms with Crippen molar-refractivity contribution in [1.29, 1.82) is 0 Å². The van der Waals surface area contributed by atoms with Crippen LogP contribution < -0.4 is 16.4 Å². The van der Waals surface area contributed by atoms with Gasteiger partial charge >= 0.3 is 5.97 Å². The minimum Gasteiger partial charge on any atom is -0.474 e. The molecule has 2 aliphatic heterocycles. The third-order valence-corrected chi connectivity index (χ3v) is 9.18. The second-order valence-corrected chi connectivity index (χ2v) is 13.8. The average molecular weight is 629 g/mol. The number of benzene rings is 1. The third-order valence-electron chi connectivity index (χ3n) is 9.18. The van der Waals surface area contributed by atoms with E-state index in [0.717, 1.165) is 31.2 Å². The lowest BCUT2D eigenvalue weighted by atomic mass is 10.1. The molecule has 2 aliphatic carbocycles. The van der Waals surface area contributed by atoms with E-state index in [4.69, 9.17) is 19.9 Å². The lowest BCUT2D eigenvalue weighted by molar-refractivity contribution is -0.154. The van der Waals surface area contributed by atoms with E-state index < -0.39 is 58.9 Å². The van der Waals surface area contributed by atoms with Gasteiger partial charge in [0, 0.05) is 13.0 Å². The van der Waals surface area contributed by atoms with Gasteiger partial charge in [-0.15, -0.1) is 0 Å². The summed E-state index contributed by atoms with van der Waals surface area (Å²) in [6.07, 6.45) is 3.47. The molecular formula is C33H45FN4O7. The van der Waals surface area contributed by atoms with E-state index in [-0.39, 0.29) is 43.6 Å². The van der Waals surface area contributed by atoms with Gasteiger partial charge in [-0.05, 0) is 82.6 Å². The van der Waals surface area contributed by atoms with Gasteiger partial charge in [-0.25, -0.2) is 4.39 Å². The van der Waals surface area contributed by atoms with Gasteiger partial charge in [0.05, 0.1) is 19.1 Å². The van der Waals surface area contributed by atoms with Crippen LogP contribution >= 0.6 is 0 Å². The summed E-state index contributed by atoms with van der Waals surface area (Å²) in [5, 5.41) is 5.90. The number of esters is 1. The molecule has 0 radical (unpaired) electrons. The Morgan fingerprint density at radius 1 is 1.20 bits per heavy atom. The van der Waals surface area contributed by atoms with Crippen molar-refractivity contribution >= 4 is 23.7 Å². The molecule has 1 saturated carbocycles. The molecule has 0 spiro atoms. The summed E-state index contributed by atoms with van der Waals surface area (Å²) >= 11 is 0. The van der Waals surface area contributed by atoms with Crippen molar-refractivity contribution in [2.75, 3.05) is 19.8 Å². The molecule has 3 fully saturated rings. The third kappa shape index (κ3) is 7.43. The normalized spacial score (nSPS) is 30.5. The van der Waals surface area contributed by atoms with Crippen LogP contribution in [-0.2, 0) is 46.2 Å². The highest BCUT2D eigenvalue weighted by Crippen LogP contribution is 2.47. The fraction of sp³-hybridized carbons (Fsp3) is 0.636. The van der Waals surface area contributed by atoms with Crippen LogP contribution in [-0.4, -0.2) is 77.7 Å². The molecule has 2 heterocycles. The SMILES string of the molecule is C=C(N[C@H]1COCCCCC[C@@H]2C[C@@]2(C(N)=O)NC(=O)[C@@H]2C[C@@H](OC(=O)C3Cc4cccc(F)c4C3)CN2C1=O)OC(C)(C)C. The molecule has 4 aliphatic rings. The lowest BCUT2D eigenvalue weighted by Gasteiger charge is -2.31. The number of nitrogens with one attached hydrogen (secondary N) is 2. The smallest absolute Gasteiger partial charge is 0.309 e. The number of nitrogens with two attached hydrogens (primary N) is 1. The number of hydrogen-bond donors (Lipinski definition) is 3. The predicted molar refractivity (Wildman–Crippen MR) is 162 cm³/mol. The maximum absolute atomic E-state index is 14.3. The van der Waals surface area contributed by atoms with Crippen LogP contribution in [0.25, 0.3) is 0 Å². The molecule has 1 unspecified atom stereocenters. The molecule has 2 saturated heterocycles. The number of nitrogens with zero attached hydrogens (tertiary/aromatic N) is 1. The number of rotatable bonds is 6. The highest BCUT2D eigenvalue weighted by atomic mass is 19.1. The molecule has 12 heteroatoms. The number of fused-ring (bicyclic) bond motifs is 3. The van der Waals surface area contributed by atoms with E-state index in [2.05, 4.69) is 17.2 Å². The summed E-state index contributed by atoms with van der Waals surface area (Å²) in [6.45, 7) is 9.85. The van der Waals surface area contributed by atoms with Gasteiger partial charge in [0.1, 0.15) is 35.1 Å². The van der Waals surface area contributed by atoms with Crippen LogP contribution in [0.5, 0.6) is 0 Å². The van der Waals surface area contributed by atoms with Gasteiger partial charge < -0.3 is 35.5 Å². The summed E-state index contributed by atoms with van der Waals surface area (Å²) in [5.74, 6) is -2.92.